The normalized spacial score (nSPS) is 33.7. The predicted octanol–water partition coefficient (Wildman–Crippen LogP) is 0.618. The lowest BCUT2D eigenvalue weighted by Crippen LogP contribution is -2.71. The number of carbonyl (C=O) groups is 3. The Labute approximate surface area is 214 Å². The van der Waals surface area contributed by atoms with Crippen LogP contribution in [0, 0.1) is 5.82 Å². The summed E-state index contributed by atoms with van der Waals surface area (Å²) in [6, 6.07) is 2.81. The number of hydrogen-bond donors (Lipinski definition) is 5. The molecular weight excluding hydrogens is 493 g/mol. The van der Waals surface area contributed by atoms with E-state index >= 15 is 0 Å². The molecule has 1 aliphatic heterocycles. The zero-order valence-corrected chi connectivity index (χ0v) is 21.3. The van der Waals surface area contributed by atoms with Crippen molar-refractivity contribution >= 4 is 29.3 Å². The molecule has 3 amide bonds. The van der Waals surface area contributed by atoms with Gasteiger partial charge in [-0.25, -0.2) is 14.8 Å². The Morgan fingerprint density at radius 3 is 2.56 bits per heavy atom. The minimum absolute atomic E-state index is 0.0372. The van der Waals surface area contributed by atoms with Gasteiger partial charge in [0.25, 0.3) is 5.91 Å². The van der Waals surface area contributed by atoms with E-state index in [0.29, 0.717) is 32.1 Å². The van der Waals surface area contributed by atoms with E-state index in [-0.39, 0.29) is 35.2 Å². The first kappa shape index (κ1) is 26.6. The van der Waals surface area contributed by atoms with E-state index < -0.39 is 41.0 Å². The van der Waals surface area contributed by atoms with E-state index in [1.54, 1.807) is 12.1 Å². The molecule has 10 nitrogen and oxygen atoms in total. The van der Waals surface area contributed by atoms with Crippen LogP contribution in [0.15, 0.2) is 18.2 Å². The number of nitrogens with one attached hydrogen (secondary N) is 4. The Bertz CT molecular complexity index is 1030. The summed E-state index contributed by atoms with van der Waals surface area (Å²) < 4.78 is 19.0. The van der Waals surface area contributed by atoms with Gasteiger partial charge in [0.1, 0.15) is 17.6 Å². The minimum Gasteiger partial charge on any atom is -0.484 e. The van der Waals surface area contributed by atoms with Gasteiger partial charge in [0.2, 0.25) is 11.8 Å². The molecule has 4 atom stereocenters. The van der Waals surface area contributed by atoms with Crippen LogP contribution in [-0.4, -0.2) is 76.8 Å². The number of likely N-dealkylation sites (N-methyl/N-ethyl adjacent to an activating group) is 1. The molecule has 0 radical (unpaired) electrons. The monoisotopic (exact) mass is 525 g/mol. The third-order valence-corrected chi connectivity index (χ3v) is 8.01. The van der Waals surface area contributed by atoms with Crippen LogP contribution in [0.3, 0.4) is 0 Å². The highest BCUT2D eigenvalue weighted by molar-refractivity contribution is 6.30. The summed E-state index contributed by atoms with van der Waals surface area (Å²) in [4.78, 5) is 37.6. The molecular formula is C24H33ClFN5O5. The van der Waals surface area contributed by atoms with Gasteiger partial charge < -0.3 is 25.8 Å². The number of benzene rings is 1. The van der Waals surface area contributed by atoms with Crippen molar-refractivity contribution in [2.24, 2.45) is 0 Å². The maximum absolute atomic E-state index is 13.6. The van der Waals surface area contributed by atoms with Gasteiger partial charge >= 0.3 is 0 Å². The van der Waals surface area contributed by atoms with Crippen LogP contribution in [-0.2, 0) is 14.4 Å². The highest BCUT2D eigenvalue weighted by atomic mass is 35.5. The summed E-state index contributed by atoms with van der Waals surface area (Å²) in [5, 5.41) is 21.6. The second-order valence-corrected chi connectivity index (χ2v) is 10.7. The Balaban J connectivity index is 1.35. The number of ether oxygens (including phenoxy) is 1. The Morgan fingerprint density at radius 2 is 1.94 bits per heavy atom. The topological polar surface area (TPSA) is 132 Å². The molecule has 1 aromatic rings. The molecule has 12 heteroatoms. The van der Waals surface area contributed by atoms with Gasteiger partial charge in [-0.15, -0.1) is 0 Å². The molecule has 4 fully saturated rings. The van der Waals surface area contributed by atoms with Crippen molar-refractivity contribution in [1.29, 1.82) is 0 Å². The van der Waals surface area contributed by atoms with Crippen LogP contribution < -0.4 is 26.1 Å². The fraction of sp³-hybridized carbons (Fsp3) is 0.625. The van der Waals surface area contributed by atoms with Gasteiger partial charge in [-0.3, -0.25) is 14.4 Å². The highest BCUT2D eigenvalue weighted by Crippen LogP contribution is 2.47. The van der Waals surface area contributed by atoms with Crippen LogP contribution in [0.2, 0.25) is 5.02 Å². The molecule has 1 heterocycles. The van der Waals surface area contributed by atoms with Gasteiger partial charge in [0.05, 0.1) is 22.7 Å². The van der Waals surface area contributed by atoms with E-state index in [4.69, 9.17) is 16.3 Å². The van der Waals surface area contributed by atoms with Crippen LogP contribution in [0.25, 0.3) is 0 Å². The average Bonchev–Trinajstić information content (AvgIpc) is 3.08. The summed E-state index contributed by atoms with van der Waals surface area (Å²) in [5.74, 6) is -1.32. The largest absolute Gasteiger partial charge is 0.484 e. The number of carbonyl (C=O) groups excluding carboxylic acids is 3. The number of amides is 3. The smallest absolute Gasteiger partial charge is 0.258 e. The van der Waals surface area contributed by atoms with Crippen molar-refractivity contribution in [2.75, 3.05) is 13.7 Å². The molecule has 5 rings (SSSR count). The molecule has 4 aliphatic rings. The first-order chi connectivity index (χ1) is 16.9. The Kier molecular flexibility index (Phi) is 7.47. The molecule has 198 valence electrons. The molecule has 2 bridgehead atoms. The number of fused-ring (bicyclic) bond motifs is 3. The standard InChI is InChI=1S/C24H33ClFN5O5/c1-13-20(27-14(2)32)21(31(3)30-13)22(35)29-23-6-8-24(9-7-23,18(33)11-23)28-19(34)12-36-15-4-5-16(25)17(26)10-15/h4-5,10,13,18,20-21,30,33H,6-9,11-12H2,1-3H3,(H,27,32)(H,28,34)(H,29,35). The summed E-state index contributed by atoms with van der Waals surface area (Å²) in [7, 11) is 1.76. The SMILES string of the molecule is CC(=O)NC1C(C)NN(C)C1C(=O)NC12CCC(NC(=O)COc3ccc(Cl)c(F)c3)(CC1)C(O)C2. The fourth-order valence-corrected chi connectivity index (χ4v) is 5.92. The quantitative estimate of drug-likeness (QED) is 0.352. The van der Waals surface area contributed by atoms with Crippen molar-refractivity contribution in [3.63, 3.8) is 0 Å². The number of hydrazine groups is 1. The molecule has 5 N–H and O–H groups in total. The van der Waals surface area contributed by atoms with Crippen molar-refractivity contribution in [3.05, 3.63) is 29.0 Å². The van der Waals surface area contributed by atoms with E-state index in [2.05, 4.69) is 21.4 Å². The van der Waals surface area contributed by atoms with E-state index in [1.807, 2.05) is 6.92 Å². The first-order valence-corrected chi connectivity index (χ1v) is 12.5. The maximum atomic E-state index is 13.6. The molecule has 4 unspecified atom stereocenters. The Hall–Kier alpha value is -2.47. The van der Waals surface area contributed by atoms with Crippen LogP contribution in [0.1, 0.15) is 46.0 Å². The van der Waals surface area contributed by atoms with Crippen LogP contribution >= 0.6 is 11.6 Å². The van der Waals surface area contributed by atoms with Gasteiger partial charge in [-0.2, -0.15) is 0 Å². The van der Waals surface area contributed by atoms with Crippen LogP contribution in [0.5, 0.6) is 5.75 Å². The van der Waals surface area contributed by atoms with Gasteiger partial charge in [-0.05, 0) is 51.2 Å². The zero-order chi connectivity index (χ0) is 26.3. The van der Waals surface area contributed by atoms with Gasteiger partial charge in [0.15, 0.2) is 6.61 Å². The number of rotatable bonds is 7. The second kappa shape index (κ2) is 10.1. The van der Waals surface area contributed by atoms with E-state index in [0.717, 1.165) is 6.07 Å². The number of aliphatic hydroxyl groups is 1. The lowest BCUT2D eigenvalue weighted by Gasteiger charge is -2.56. The summed E-state index contributed by atoms with van der Waals surface area (Å²) >= 11 is 5.66. The zero-order valence-electron chi connectivity index (χ0n) is 20.6. The molecule has 1 saturated heterocycles. The maximum Gasteiger partial charge on any atom is 0.258 e. The molecule has 0 aromatic heterocycles. The Morgan fingerprint density at radius 1 is 1.25 bits per heavy atom. The number of aliphatic hydroxyl groups excluding tert-OH is 1. The summed E-state index contributed by atoms with van der Waals surface area (Å²) in [6.45, 7) is 2.99. The van der Waals surface area contributed by atoms with Gasteiger partial charge in [0, 0.05) is 31.6 Å². The first-order valence-electron chi connectivity index (χ1n) is 12.1. The third kappa shape index (κ3) is 5.29. The molecule has 1 aromatic carbocycles. The van der Waals surface area contributed by atoms with E-state index in [9.17, 15) is 23.9 Å². The average molecular weight is 526 g/mol. The van der Waals surface area contributed by atoms with Crippen molar-refractivity contribution in [2.45, 2.75) is 81.3 Å². The minimum atomic E-state index is -0.860. The number of hydrogen-bond acceptors (Lipinski definition) is 7. The lowest BCUT2D eigenvalue weighted by molar-refractivity contribution is -0.138. The lowest BCUT2D eigenvalue weighted by atomic mass is 9.59. The summed E-state index contributed by atoms with van der Waals surface area (Å²) in [6.07, 6.45) is 1.58. The molecule has 0 spiro atoms. The van der Waals surface area contributed by atoms with E-state index in [1.165, 1.54) is 19.1 Å². The van der Waals surface area contributed by atoms with Crippen molar-refractivity contribution < 1.29 is 28.6 Å². The summed E-state index contributed by atoms with van der Waals surface area (Å²) in [5.41, 5.74) is 1.77. The second-order valence-electron chi connectivity index (χ2n) is 10.3. The van der Waals surface area contributed by atoms with Gasteiger partial charge in [-0.1, -0.05) is 11.6 Å². The highest BCUT2D eigenvalue weighted by Gasteiger charge is 2.56. The predicted molar refractivity (Wildman–Crippen MR) is 129 cm³/mol. The fourth-order valence-electron chi connectivity index (χ4n) is 5.80. The molecule has 3 aliphatic carbocycles. The molecule has 36 heavy (non-hydrogen) atoms. The number of nitrogens with zero attached hydrogens (tertiary/aromatic N) is 1. The number of halogens is 2. The van der Waals surface area contributed by atoms with Crippen molar-refractivity contribution in [1.82, 2.24) is 26.4 Å². The van der Waals surface area contributed by atoms with Crippen molar-refractivity contribution in [3.8, 4) is 5.75 Å². The van der Waals surface area contributed by atoms with Crippen LogP contribution in [0.4, 0.5) is 4.39 Å². The molecule has 3 saturated carbocycles. The third-order valence-electron chi connectivity index (χ3n) is 7.70.